The Labute approximate surface area is 207 Å². The van der Waals surface area contributed by atoms with E-state index in [1.807, 2.05) is 31.7 Å². The summed E-state index contributed by atoms with van der Waals surface area (Å²) in [5.74, 6) is -0.0376. The maximum atomic E-state index is 13.5. The summed E-state index contributed by atoms with van der Waals surface area (Å²) < 4.78 is 0. The molecule has 2 aromatic rings. The standard InChI is InChI=1S/C27H36N4O2S/c1-5-8-19-9-6-10-20(17-19)30-13-15-31(16-14-30)25(33)21-11-7-12-22-24(21)29-26(34-22)28-23(32)18-27(2,3)4/h5-6,9-10,17,21H,1,7-8,11-16,18H2,2-4H3,(H,28,29,32). The number of fused-ring (bicyclic) bond motifs is 1. The number of allylic oxidation sites excluding steroid dienone is 1. The summed E-state index contributed by atoms with van der Waals surface area (Å²) in [4.78, 5) is 36.1. The third-order valence-electron chi connectivity index (χ3n) is 6.44. The first-order chi connectivity index (χ1) is 16.2. The van der Waals surface area contributed by atoms with Gasteiger partial charge in [-0.25, -0.2) is 4.98 Å². The average molecular weight is 481 g/mol. The van der Waals surface area contributed by atoms with Crippen LogP contribution in [0.1, 0.15) is 62.1 Å². The first-order valence-electron chi connectivity index (χ1n) is 12.3. The lowest BCUT2D eigenvalue weighted by atomic mass is 9.89. The van der Waals surface area contributed by atoms with Gasteiger partial charge in [-0.2, -0.15) is 0 Å². The second-order valence-electron chi connectivity index (χ2n) is 10.5. The minimum absolute atomic E-state index is 0.0187. The van der Waals surface area contributed by atoms with Gasteiger partial charge in [0, 0.05) is 43.2 Å². The van der Waals surface area contributed by atoms with Crippen molar-refractivity contribution in [2.75, 3.05) is 36.4 Å². The number of benzene rings is 1. The molecule has 4 rings (SSSR count). The molecule has 1 aromatic carbocycles. The summed E-state index contributed by atoms with van der Waals surface area (Å²) in [6.07, 6.45) is 5.98. The Morgan fingerprint density at radius 2 is 2.00 bits per heavy atom. The highest BCUT2D eigenvalue weighted by molar-refractivity contribution is 7.15. The lowest BCUT2D eigenvalue weighted by Gasteiger charge is -2.38. The molecule has 182 valence electrons. The van der Waals surface area contributed by atoms with Crippen molar-refractivity contribution in [3.05, 3.63) is 53.1 Å². The maximum Gasteiger partial charge on any atom is 0.231 e. The van der Waals surface area contributed by atoms with Gasteiger partial charge in [-0.1, -0.05) is 39.0 Å². The topological polar surface area (TPSA) is 65.5 Å². The van der Waals surface area contributed by atoms with E-state index in [1.165, 1.54) is 22.6 Å². The summed E-state index contributed by atoms with van der Waals surface area (Å²) >= 11 is 1.53. The fourth-order valence-corrected chi connectivity index (χ4v) is 5.89. The van der Waals surface area contributed by atoms with Crippen molar-refractivity contribution >= 4 is 34.0 Å². The number of rotatable bonds is 6. The molecule has 1 aliphatic heterocycles. The monoisotopic (exact) mass is 480 g/mol. The molecule has 0 bridgehead atoms. The predicted molar refractivity (Wildman–Crippen MR) is 140 cm³/mol. The van der Waals surface area contributed by atoms with E-state index in [-0.39, 0.29) is 23.1 Å². The third-order valence-corrected chi connectivity index (χ3v) is 7.48. The Balaban J connectivity index is 1.39. The van der Waals surface area contributed by atoms with Crippen molar-refractivity contribution < 1.29 is 9.59 Å². The Kier molecular flexibility index (Phi) is 7.41. The first kappa shape index (κ1) is 24.5. The van der Waals surface area contributed by atoms with E-state index in [9.17, 15) is 9.59 Å². The smallest absolute Gasteiger partial charge is 0.231 e. The van der Waals surface area contributed by atoms with Crippen LogP contribution in [0.5, 0.6) is 0 Å². The molecular weight excluding hydrogens is 444 g/mol. The van der Waals surface area contributed by atoms with E-state index >= 15 is 0 Å². The van der Waals surface area contributed by atoms with Gasteiger partial charge in [0.05, 0.1) is 11.6 Å². The molecule has 1 aliphatic carbocycles. The normalized spacial score (nSPS) is 18.4. The molecule has 0 spiro atoms. The van der Waals surface area contributed by atoms with Gasteiger partial charge in [-0.15, -0.1) is 17.9 Å². The third kappa shape index (κ3) is 5.87. The highest BCUT2D eigenvalue weighted by Gasteiger charge is 2.34. The van der Waals surface area contributed by atoms with Gasteiger partial charge in [-0.05, 0) is 48.8 Å². The number of nitrogens with zero attached hydrogens (tertiary/aromatic N) is 3. The van der Waals surface area contributed by atoms with E-state index < -0.39 is 0 Å². The predicted octanol–water partition coefficient (Wildman–Crippen LogP) is 5.02. The number of anilines is 2. The van der Waals surface area contributed by atoms with Gasteiger partial charge in [-0.3, -0.25) is 9.59 Å². The Bertz CT molecular complexity index is 1050. The molecule has 1 unspecified atom stereocenters. The van der Waals surface area contributed by atoms with Crippen LogP contribution in [0.15, 0.2) is 36.9 Å². The van der Waals surface area contributed by atoms with Crippen molar-refractivity contribution in [1.82, 2.24) is 9.88 Å². The molecule has 2 amide bonds. The second kappa shape index (κ2) is 10.3. The van der Waals surface area contributed by atoms with Crippen LogP contribution in [0.25, 0.3) is 0 Å². The zero-order valence-corrected chi connectivity index (χ0v) is 21.4. The number of hydrogen-bond acceptors (Lipinski definition) is 5. The Hall–Kier alpha value is -2.67. The number of carbonyl (C=O) groups excluding carboxylic acids is 2. The van der Waals surface area contributed by atoms with Gasteiger partial charge in [0.2, 0.25) is 11.8 Å². The van der Waals surface area contributed by atoms with Crippen LogP contribution in [0.4, 0.5) is 10.8 Å². The summed E-state index contributed by atoms with van der Waals surface area (Å²) in [7, 11) is 0. The number of carbonyl (C=O) groups is 2. The number of piperazine rings is 1. The number of nitrogens with one attached hydrogen (secondary N) is 1. The van der Waals surface area contributed by atoms with Crippen molar-refractivity contribution in [3.63, 3.8) is 0 Å². The van der Waals surface area contributed by atoms with Gasteiger partial charge in [0.15, 0.2) is 5.13 Å². The van der Waals surface area contributed by atoms with Crippen molar-refractivity contribution in [2.24, 2.45) is 5.41 Å². The number of aryl methyl sites for hydroxylation is 1. The fourth-order valence-electron chi connectivity index (χ4n) is 4.81. The van der Waals surface area contributed by atoms with Gasteiger partial charge < -0.3 is 15.1 Å². The lowest BCUT2D eigenvalue weighted by Crippen LogP contribution is -2.50. The molecule has 1 N–H and O–H groups in total. The second-order valence-corrected chi connectivity index (χ2v) is 11.6. The van der Waals surface area contributed by atoms with Crippen molar-refractivity contribution in [3.8, 4) is 0 Å². The Morgan fingerprint density at radius 3 is 2.71 bits per heavy atom. The number of thiazole rings is 1. The summed E-state index contributed by atoms with van der Waals surface area (Å²) in [6, 6.07) is 8.58. The van der Waals surface area contributed by atoms with E-state index in [4.69, 9.17) is 4.98 Å². The van der Waals surface area contributed by atoms with Gasteiger partial charge >= 0.3 is 0 Å². The zero-order chi connectivity index (χ0) is 24.3. The van der Waals surface area contributed by atoms with Crippen LogP contribution in [0.3, 0.4) is 0 Å². The van der Waals surface area contributed by atoms with Crippen molar-refractivity contribution in [1.29, 1.82) is 0 Å². The molecule has 1 atom stereocenters. The molecule has 6 nitrogen and oxygen atoms in total. The van der Waals surface area contributed by atoms with Crippen LogP contribution >= 0.6 is 11.3 Å². The summed E-state index contributed by atoms with van der Waals surface area (Å²) in [6.45, 7) is 13.1. The van der Waals surface area contributed by atoms with Gasteiger partial charge in [0.25, 0.3) is 0 Å². The average Bonchev–Trinajstić information content (AvgIpc) is 3.20. The SMILES string of the molecule is C=CCc1cccc(N2CCN(C(=O)C3CCCc4sc(NC(=O)CC(C)(C)C)nc43)CC2)c1. The fraction of sp³-hybridized carbons (Fsp3) is 0.519. The van der Waals surface area contributed by atoms with Crippen LogP contribution in [0, 0.1) is 5.41 Å². The van der Waals surface area contributed by atoms with E-state index in [2.05, 4.69) is 41.1 Å². The van der Waals surface area contributed by atoms with Gasteiger partial charge in [0.1, 0.15) is 0 Å². The van der Waals surface area contributed by atoms with E-state index in [0.29, 0.717) is 11.6 Å². The number of amides is 2. The quantitative estimate of drug-likeness (QED) is 0.590. The summed E-state index contributed by atoms with van der Waals surface area (Å²) in [5.41, 5.74) is 3.28. The molecule has 2 aliphatic rings. The van der Waals surface area contributed by atoms with E-state index in [1.54, 1.807) is 0 Å². The molecule has 0 saturated carbocycles. The molecule has 1 aromatic heterocycles. The molecule has 1 fully saturated rings. The number of hydrogen-bond donors (Lipinski definition) is 1. The molecule has 7 heteroatoms. The first-order valence-corrected chi connectivity index (χ1v) is 13.1. The van der Waals surface area contributed by atoms with Crippen molar-refractivity contribution in [2.45, 2.75) is 58.8 Å². The molecular formula is C27H36N4O2S. The molecule has 1 saturated heterocycles. The molecule has 2 heterocycles. The van der Waals surface area contributed by atoms with Crippen LogP contribution < -0.4 is 10.2 Å². The molecule has 0 radical (unpaired) electrons. The van der Waals surface area contributed by atoms with Crippen LogP contribution in [-0.2, 0) is 22.4 Å². The summed E-state index contributed by atoms with van der Waals surface area (Å²) in [5, 5.41) is 3.59. The van der Waals surface area contributed by atoms with Crippen LogP contribution in [-0.4, -0.2) is 47.9 Å². The number of aromatic nitrogens is 1. The molecule has 34 heavy (non-hydrogen) atoms. The minimum Gasteiger partial charge on any atom is -0.368 e. The highest BCUT2D eigenvalue weighted by Crippen LogP contribution is 2.38. The van der Waals surface area contributed by atoms with E-state index in [0.717, 1.165) is 62.4 Å². The highest BCUT2D eigenvalue weighted by atomic mass is 32.1. The maximum absolute atomic E-state index is 13.5. The van der Waals surface area contributed by atoms with Crippen LogP contribution in [0.2, 0.25) is 0 Å². The largest absolute Gasteiger partial charge is 0.368 e. The zero-order valence-electron chi connectivity index (χ0n) is 20.6. The Morgan fingerprint density at radius 1 is 1.24 bits per heavy atom. The lowest BCUT2D eigenvalue weighted by molar-refractivity contribution is -0.133. The minimum atomic E-state index is -0.198.